The molecule has 25 heavy (non-hydrogen) atoms. The fourth-order valence-corrected chi connectivity index (χ4v) is 3.40. The lowest BCUT2D eigenvalue weighted by molar-refractivity contribution is -0.118. The number of aromatic nitrogens is 1. The average Bonchev–Trinajstić information content (AvgIpc) is 2.98. The SMILES string of the molecule is Cc1cc(NC(=O)CSCC(=O)NC[C@@H](C)N2CCC(C)CC2)no1. The Balaban J connectivity index is 1.56. The summed E-state index contributed by atoms with van der Waals surface area (Å²) in [5, 5.41) is 9.28. The number of rotatable bonds is 8. The zero-order valence-corrected chi connectivity index (χ0v) is 16.0. The van der Waals surface area contributed by atoms with E-state index in [1.54, 1.807) is 13.0 Å². The molecule has 0 unspecified atom stereocenters. The van der Waals surface area contributed by atoms with Crippen LogP contribution in [-0.2, 0) is 9.59 Å². The zero-order valence-electron chi connectivity index (χ0n) is 15.2. The molecular weight excluding hydrogens is 340 g/mol. The minimum Gasteiger partial charge on any atom is -0.360 e. The van der Waals surface area contributed by atoms with Gasteiger partial charge in [0.05, 0.1) is 11.5 Å². The average molecular weight is 369 g/mol. The summed E-state index contributed by atoms with van der Waals surface area (Å²) >= 11 is 1.29. The second kappa shape index (κ2) is 9.82. The number of aryl methyl sites for hydroxylation is 1. The Morgan fingerprint density at radius 1 is 1.36 bits per heavy atom. The smallest absolute Gasteiger partial charge is 0.235 e. The van der Waals surface area contributed by atoms with Gasteiger partial charge in [0.25, 0.3) is 0 Å². The highest BCUT2D eigenvalue weighted by molar-refractivity contribution is 8.00. The van der Waals surface area contributed by atoms with Crippen LogP contribution in [0.1, 0.15) is 32.4 Å². The van der Waals surface area contributed by atoms with Crippen LogP contribution in [0.4, 0.5) is 5.82 Å². The highest BCUT2D eigenvalue weighted by Gasteiger charge is 2.20. The van der Waals surface area contributed by atoms with Crippen LogP contribution in [0.5, 0.6) is 0 Å². The summed E-state index contributed by atoms with van der Waals surface area (Å²) in [5.74, 6) is 2.10. The number of piperidine rings is 1. The molecule has 1 aromatic heterocycles. The Kier molecular flexibility index (Phi) is 7.77. The number of thioether (sulfide) groups is 1. The summed E-state index contributed by atoms with van der Waals surface area (Å²) in [6.07, 6.45) is 2.46. The van der Waals surface area contributed by atoms with E-state index in [9.17, 15) is 9.59 Å². The fourth-order valence-electron chi connectivity index (χ4n) is 2.75. The maximum absolute atomic E-state index is 11.9. The third-order valence-electron chi connectivity index (χ3n) is 4.40. The molecule has 1 atom stereocenters. The predicted octanol–water partition coefficient (Wildman–Crippen LogP) is 1.89. The lowest BCUT2D eigenvalue weighted by atomic mass is 9.98. The molecule has 1 aliphatic rings. The molecule has 2 amide bonds. The summed E-state index contributed by atoms with van der Waals surface area (Å²) in [6, 6.07) is 2.00. The molecule has 1 fully saturated rings. The number of likely N-dealkylation sites (tertiary alicyclic amines) is 1. The molecule has 7 nitrogen and oxygen atoms in total. The van der Waals surface area contributed by atoms with Crippen molar-refractivity contribution < 1.29 is 14.1 Å². The van der Waals surface area contributed by atoms with Crippen molar-refractivity contribution in [3.63, 3.8) is 0 Å². The molecule has 140 valence electrons. The van der Waals surface area contributed by atoms with Gasteiger partial charge >= 0.3 is 0 Å². The molecule has 0 bridgehead atoms. The molecule has 0 radical (unpaired) electrons. The van der Waals surface area contributed by atoms with Gasteiger partial charge in [0.1, 0.15) is 5.76 Å². The number of amides is 2. The van der Waals surface area contributed by atoms with Crippen LogP contribution >= 0.6 is 11.8 Å². The number of anilines is 1. The number of carbonyl (C=O) groups is 2. The van der Waals surface area contributed by atoms with E-state index in [0.717, 1.165) is 19.0 Å². The first-order valence-electron chi connectivity index (χ1n) is 8.75. The largest absolute Gasteiger partial charge is 0.360 e. The van der Waals surface area contributed by atoms with Gasteiger partial charge in [-0.3, -0.25) is 14.5 Å². The van der Waals surface area contributed by atoms with Gasteiger partial charge in [-0.1, -0.05) is 12.1 Å². The first-order chi connectivity index (χ1) is 11.9. The van der Waals surface area contributed by atoms with Crippen LogP contribution in [0, 0.1) is 12.8 Å². The minimum atomic E-state index is -0.193. The second-order valence-electron chi connectivity index (χ2n) is 6.74. The third-order valence-corrected chi connectivity index (χ3v) is 5.33. The normalized spacial score (nSPS) is 17.2. The number of hydrogen-bond donors (Lipinski definition) is 2. The van der Waals surface area contributed by atoms with E-state index in [1.165, 1.54) is 24.6 Å². The van der Waals surface area contributed by atoms with Crippen molar-refractivity contribution in [3.8, 4) is 0 Å². The lowest BCUT2D eigenvalue weighted by Gasteiger charge is -2.35. The first kappa shape index (κ1) is 19.8. The quantitative estimate of drug-likeness (QED) is 0.729. The molecule has 2 heterocycles. The van der Waals surface area contributed by atoms with Crippen LogP contribution in [0.2, 0.25) is 0 Å². The van der Waals surface area contributed by atoms with E-state index in [-0.39, 0.29) is 23.3 Å². The third kappa shape index (κ3) is 7.07. The standard InChI is InChI=1S/C17H28N4O3S/c1-12-4-6-21(7-5-12)13(2)9-18-16(22)10-25-11-17(23)19-15-8-14(3)24-20-15/h8,12-13H,4-7,9-11H2,1-3H3,(H,18,22)(H,19,20,23)/t13-/m1/s1. The lowest BCUT2D eigenvalue weighted by Crippen LogP contribution is -2.45. The number of hydrogen-bond acceptors (Lipinski definition) is 6. The van der Waals surface area contributed by atoms with E-state index in [2.05, 4.69) is 34.5 Å². The van der Waals surface area contributed by atoms with Gasteiger partial charge in [-0.25, -0.2) is 0 Å². The molecule has 2 N–H and O–H groups in total. The van der Waals surface area contributed by atoms with Crippen molar-refractivity contribution in [2.75, 3.05) is 36.5 Å². The van der Waals surface area contributed by atoms with E-state index < -0.39 is 0 Å². The van der Waals surface area contributed by atoms with Crippen LogP contribution in [0.15, 0.2) is 10.6 Å². The van der Waals surface area contributed by atoms with Gasteiger partial charge in [0, 0.05) is 18.7 Å². The summed E-state index contributed by atoms with van der Waals surface area (Å²) in [7, 11) is 0. The summed E-state index contributed by atoms with van der Waals surface area (Å²) in [4.78, 5) is 26.1. The van der Waals surface area contributed by atoms with Crippen LogP contribution in [0.3, 0.4) is 0 Å². The highest BCUT2D eigenvalue weighted by atomic mass is 32.2. The van der Waals surface area contributed by atoms with Gasteiger partial charge < -0.3 is 15.2 Å². The number of nitrogens with zero attached hydrogens (tertiary/aromatic N) is 2. The molecule has 8 heteroatoms. The highest BCUT2D eigenvalue weighted by Crippen LogP contribution is 2.17. The summed E-state index contributed by atoms with van der Waals surface area (Å²) in [6.45, 7) is 9.06. The van der Waals surface area contributed by atoms with Crippen molar-refractivity contribution in [2.24, 2.45) is 5.92 Å². The van der Waals surface area contributed by atoms with Crippen molar-refractivity contribution in [2.45, 2.75) is 39.7 Å². The predicted molar refractivity (Wildman–Crippen MR) is 99.6 cm³/mol. The van der Waals surface area contributed by atoms with Crippen molar-refractivity contribution in [1.82, 2.24) is 15.4 Å². The summed E-state index contributed by atoms with van der Waals surface area (Å²) in [5.41, 5.74) is 0. The molecule has 0 spiro atoms. The molecule has 1 saturated heterocycles. The fraction of sp³-hybridized carbons (Fsp3) is 0.706. The van der Waals surface area contributed by atoms with Gasteiger partial charge in [-0.15, -0.1) is 11.8 Å². The topological polar surface area (TPSA) is 87.5 Å². The van der Waals surface area contributed by atoms with Crippen molar-refractivity contribution >= 4 is 29.4 Å². The molecule has 0 aliphatic carbocycles. The zero-order chi connectivity index (χ0) is 18.2. The maximum Gasteiger partial charge on any atom is 0.235 e. The van der Waals surface area contributed by atoms with Crippen molar-refractivity contribution in [3.05, 3.63) is 11.8 Å². The van der Waals surface area contributed by atoms with Crippen LogP contribution < -0.4 is 10.6 Å². The molecular formula is C17H28N4O3S. The Bertz CT molecular complexity index is 570. The Morgan fingerprint density at radius 3 is 2.68 bits per heavy atom. The number of nitrogens with one attached hydrogen (secondary N) is 2. The Hall–Kier alpha value is -1.54. The molecule has 2 rings (SSSR count). The summed E-state index contributed by atoms with van der Waals surface area (Å²) < 4.78 is 4.88. The minimum absolute atomic E-state index is 0.0349. The van der Waals surface area contributed by atoms with Crippen molar-refractivity contribution in [1.29, 1.82) is 0 Å². The Labute approximate surface area is 153 Å². The van der Waals surface area contributed by atoms with Crippen LogP contribution in [-0.4, -0.2) is 59.1 Å². The van der Waals surface area contributed by atoms with E-state index >= 15 is 0 Å². The molecule has 1 aliphatic heterocycles. The monoisotopic (exact) mass is 368 g/mol. The van der Waals surface area contributed by atoms with Gasteiger partial charge in [-0.05, 0) is 45.7 Å². The first-order valence-corrected chi connectivity index (χ1v) is 9.91. The van der Waals surface area contributed by atoms with Crippen LogP contribution in [0.25, 0.3) is 0 Å². The number of carbonyl (C=O) groups excluding carboxylic acids is 2. The van der Waals surface area contributed by atoms with Gasteiger partial charge in [-0.2, -0.15) is 0 Å². The molecule has 0 saturated carbocycles. The maximum atomic E-state index is 11.9. The van der Waals surface area contributed by atoms with Gasteiger partial charge in [0.15, 0.2) is 5.82 Å². The van der Waals surface area contributed by atoms with E-state index in [4.69, 9.17) is 4.52 Å². The molecule has 1 aromatic rings. The van der Waals surface area contributed by atoms with E-state index in [0.29, 0.717) is 24.2 Å². The Morgan fingerprint density at radius 2 is 2.04 bits per heavy atom. The van der Waals surface area contributed by atoms with Gasteiger partial charge in [0.2, 0.25) is 11.8 Å². The van der Waals surface area contributed by atoms with E-state index in [1.807, 2.05) is 0 Å². The molecule has 0 aromatic carbocycles. The second-order valence-corrected chi connectivity index (χ2v) is 7.72.